The highest BCUT2D eigenvalue weighted by Gasteiger charge is 2.29. The fourth-order valence-electron chi connectivity index (χ4n) is 4.06. The molecule has 2 heterocycles. The van der Waals surface area contributed by atoms with Gasteiger partial charge in [-0.2, -0.15) is 0 Å². The van der Waals surface area contributed by atoms with Crippen molar-refractivity contribution in [1.29, 1.82) is 0 Å². The summed E-state index contributed by atoms with van der Waals surface area (Å²) in [5.74, 6) is 0.715. The summed E-state index contributed by atoms with van der Waals surface area (Å²) in [6.45, 7) is 4.79. The summed E-state index contributed by atoms with van der Waals surface area (Å²) in [7, 11) is 8.17. The molecule has 0 radical (unpaired) electrons. The first-order valence-corrected chi connectivity index (χ1v) is 12.2. The Balaban J connectivity index is 1.71. The maximum absolute atomic E-state index is 6.45. The van der Waals surface area contributed by atoms with Crippen LogP contribution in [0.1, 0.15) is 19.4 Å². The summed E-state index contributed by atoms with van der Waals surface area (Å²) in [6.07, 6.45) is 0. The lowest BCUT2D eigenvalue weighted by Gasteiger charge is -2.14. The minimum Gasteiger partial charge on any atom is -0.475 e. The number of hydrogen-bond donors (Lipinski definition) is 0. The van der Waals surface area contributed by atoms with Crippen molar-refractivity contribution in [3.05, 3.63) is 66.2 Å². The SMILES string of the molecule is CN(C)c1ccc2c(Sc3ccccc3C3=NC(C)(C)CO3)c3ccc(N(C)C)cc3[o+]c2c1. The van der Waals surface area contributed by atoms with Crippen LogP contribution in [0.2, 0.25) is 0 Å². The molecule has 0 saturated carbocycles. The van der Waals surface area contributed by atoms with Crippen molar-refractivity contribution in [2.24, 2.45) is 4.99 Å². The largest absolute Gasteiger partial charge is 0.475 e. The highest BCUT2D eigenvalue weighted by Crippen LogP contribution is 2.43. The highest BCUT2D eigenvalue weighted by molar-refractivity contribution is 7.99. The van der Waals surface area contributed by atoms with Crippen LogP contribution in [0, 0.1) is 0 Å². The van der Waals surface area contributed by atoms with Gasteiger partial charge in [0.05, 0.1) is 34.0 Å². The molecule has 0 atom stereocenters. The number of rotatable bonds is 5. The molecule has 0 spiro atoms. The molecule has 34 heavy (non-hydrogen) atoms. The fraction of sp³-hybridized carbons (Fsp3) is 0.286. The minimum absolute atomic E-state index is 0.205. The maximum Gasteiger partial charge on any atom is 0.364 e. The van der Waals surface area contributed by atoms with Crippen molar-refractivity contribution in [1.82, 2.24) is 0 Å². The van der Waals surface area contributed by atoms with Gasteiger partial charge in [-0.1, -0.05) is 23.9 Å². The molecule has 0 aliphatic carbocycles. The molecule has 0 unspecified atom stereocenters. The lowest BCUT2D eigenvalue weighted by molar-refractivity contribution is 0.279. The molecule has 0 fully saturated rings. The average Bonchev–Trinajstić information content (AvgIpc) is 3.17. The van der Waals surface area contributed by atoms with Crippen LogP contribution in [0.4, 0.5) is 11.4 Å². The summed E-state index contributed by atoms with van der Waals surface area (Å²) in [4.78, 5) is 11.3. The second kappa shape index (κ2) is 8.51. The Morgan fingerprint density at radius 2 is 1.44 bits per heavy atom. The van der Waals surface area contributed by atoms with Gasteiger partial charge in [0.25, 0.3) is 0 Å². The van der Waals surface area contributed by atoms with E-state index in [9.17, 15) is 0 Å². The molecule has 4 aromatic rings. The summed E-state index contributed by atoms with van der Waals surface area (Å²) < 4.78 is 12.4. The number of benzene rings is 3. The Kier molecular flexibility index (Phi) is 5.64. The van der Waals surface area contributed by atoms with Crippen molar-refractivity contribution in [3.63, 3.8) is 0 Å². The van der Waals surface area contributed by atoms with E-state index in [1.54, 1.807) is 11.8 Å². The number of fused-ring (bicyclic) bond motifs is 2. The Morgan fingerprint density at radius 1 is 0.853 bits per heavy atom. The molecule has 174 valence electrons. The predicted molar refractivity (Wildman–Crippen MR) is 144 cm³/mol. The second-order valence-electron chi connectivity index (χ2n) is 9.70. The predicted octanol–water partition coefficient (Wildman–Crippen LogP) is 6.71. The van der Waals surface area contributed by atoms with Gasteiger partial charge in [0.1, 0.15) is 6.61 Å². The van der Waals surface area contributed by atoms with Gasteiger partial charge in [0.2, 0.25) is 5.90 Å². The number of ether oxygens (including phenoxy) is 1. The van der Waals surface area contributed by atoms with Crippen molar-refractivity contribution >= 4 is 51.0 Å². The van der Waals surface area contributed by atoms with E-state index in [-0.39, 0.29) is 5.54 Å². The molecule has 5 rings (SSSR count). The van der Waals surface area contributed by atoms with Gasteiger partial charge in [0.15, 0.2) is 0 Å². The first kappa shape index (κ1) is 22.5. The maximum atomic E-state index is 6.45. The summed E-state index contributed by atoms with van der Waals surface area (Å²) in [6, 6.07) is 21.2. The zero-order chi connectivity index (χ0) is 24.0. The third kappa shape index (κ3) is 4.18. The standard InChI is InChI=1S/C28H30N3O2S/c1-28(2)17-32-27(29-28)22-9-7-8-10-25(22)34-26-20-13-11-18(30(3)4)15-23(20)33-24-16-19(31(5)6)12-14-21(24)26/h7-16H,17H2,1-6H3/q+1. The normalized spacial score (nSPS) is 14.8. The van der Waals surface area contributed by atoms with Crippen molar-refractivity contribution in [2.75, 3.05) is 44.6 Å². The molecule has 0 N–H and O–H groups in total. The van der Waals surface area contributed by atoms with Crippen molar-refractivity contribution in [3.8, 4) is 0 Å². The van der Waals surface area contributed by atoms with Crippen LogP contribution in [0.5, 0.6) is 0 Å². The fourth-order valence-corrected chi connectivity index (χ4v) is 5.25. The van der Waals surface area contributed by atoms with E-state index in [0.29, 0.717) is 12.5 Å². The van der Waals surface area contributed by atoms with Gasteiger partial charge < -0.3 is 14.5 Å². The Labute approximate surface area is 205 Å². The Morgan fingerprint density at radius 3 is 1.97 bits per heavy atom. The van der Waals surface area contributed by atoms with Crippen LogP contribution < -0.4 is 9.80 Å². The summed E-state index contributed by atoms with van der Waals surface area (Å²) >= 11 is 1.74. The third-order valence-electron chi connectivity index (χ3n) is 5.97. The van der Waals surface area contributed by atoms with Crippen LogP contribution in [0.3, 0.4) is 0 Å². The highest BCUT2D eigenvalue weighted by atomic mass is 32.2. The van der Waals surface area contributed by atoms with Gasteiger partial charge in [-0.15, -0.1) is 0 Å². The molecule has 0 amide bonds. The minimum atomic E-state index is -0.205. The zero-order valence-corrected chi connectivity index (χ0v) is 21.4. The summed E-state index contributed by atoms with van der Waals surface area (Å²) in [5, 5.41) is 2.18. The van der Waals surface area contributed by atoms with Gasteiger partial charge in [0, 0.05) is 49.4 Å². The molecular weight excluding hydrogens is 442 g/mol. The molecule has 1 aromatic heterocycles. The molecular formula is C28H30N3O2S+. The van der Waals surface area contributed by atoms with E-state index in [4.69, 9.17) is 14.1 Å². The third-order valence-corrected chi connectivity index (χ3v) is 7.19. The van der Waals surface area contributed by atoms with Crippen LogP contribution in [-0.4, -0.2) is 46.2 Å². The van der Waals surface area contributed by atoms with Gasteiger partial charge >= 0.3 is 11.2 Å². The van der Waals surface area contributed by atoms with Crippen molar-refractivity contribution in [2.45, 2.75) is 29.2 Å². The van der Waals surface area contributed by atoms with Crippen LogP contribution in [0.15, 0.2) is 79.9 Å². The lowest BCUT2D eigenvalue weighted by atomic mass is 10.1. The van der Waals surface area contributed by atoms with Crippen LogP contribution >= 0.6 is 11.8 Å². The number of nitrogens with zero attached hydrogens (tertiary/aromatic N) is 3. The molecule has 0 bridgehead atoms. The van der Waals surface area contributed by atoms with E-state index < -0.39 is 0 Å². The smallest absolute Gasteiger partial charge is 0.364 e. The first-order chi connectivity index (χ1) is 16.2. The van der Waals surface area contributed by atoms with Gasteiger partial charge in [-0.3, -0.25) is 0 Å². The molecule has 1 aliphatic rings. The molecule has 1 aliphatic heterocycles. The molecule has 6 heteroatoms. The molecule has 3 aromatic carbocycles. The van der Waals surface area contributed by atoms with Crippen LogP contribution in [0.25, 0.3) is 21.9 Å². The summed E-state index contributed by atoms with van der Waals surface area (Å²) in [5.41, 5.74) is 4.76. The van der Waals surface area contributed by atoms with Crippen molar-refractivity contribution < 1.29 is 9.15 Å². The Hall–Kier alpha value is -3.25. The topological polar surface area (TPSA) is 39.4 Å². The van der Waals surface area contributed by atoms with Gasteiger partial charge in [-0.25, -0.2) is 9.41 Å². The molecule has 0 saturated heterocycles. The van der Waals surface area contributed by atoms with E-state index in [0.717, 1.165) is 48.7 Å². The van der Waals surface area contributed by atoms with E-state index in [1.807, 2.05) is 34.3 Å². The van der Waals surface area contributed by atoms with E-state index in [2.05, 4.69) is 78.2 Å². The van der Waals surface area contributed by atoms with Crippen LogP contribution in [-0.2, 0) is 4.74 Å². The number of hydrogen-bond acceptors (Lipinski definition) is 5. The average molecular weight is 473 g/mol. The quantitative estimate of drug-likeness (QED) is 0.239. The molecule has 5 nitrogen and oxygen atoms in total. The van der Waals surface area contributed by atoms with E-state index in [1.165, 1.54) is 0 Å². The second-order valence-corrected chi connectivity index (χ2v) is 10.7. The number of anilines is 2. The number of aliphatic imine (C=N–C) groups is 1. The first-order valence-electron chi connectivity index (χ1n) is 11.4. The Bertz CT molecular complexity index is 1360. The monoisotopic (exact) mass is 472 g/mol. The zero-order valence-electron chi connectivity index (χ0n) is 20.5. The van der Waals surface area contributed by atoms with E-state index >= 15 is 0 Å². The van der Waals surface area contributed by atoms with Gasteiger partial charge in [-0.05, 0) is 50.2 Å². The lowest BCUT2D eigenvalue weighted by Crippen LogP contribution is -2.17.